The van der Waals surface area contributed by atoms with Crippen molar-refractivity contribution in [3.63, 3.8) is 0 Å². The second-order valence-electron chi connectivity index (χ2n) is 3.94. The Hall–Kier alpha value is -0.670. The van der Waals surface area contributed by atoms with E-state index in [0.717, 1.165) is 12.4 Å². The summed E-state index contributed by atoms with van der Waals surface area (Å²) in [4.78, 5) is 1.32. The molecule has 88 valence electrons. The van der Waals surface area contributed by atoms with Crippen molar-refractivity contribution in [3.8, 4) is 5.75 Å². The van der Waals surface area contributed by atoms with Gasteiger partial charge in [-0.2, -0.15) is 0 Å². The molecule has 1 aromatic rings. The van der Waals surface area contributed by atoms with Crippen LogP contribution in [0.25, 0.3) is 0 Å². The maximum atomic E-state index is 5.58. The summed E-state index contributed by atoms with van der Waals surface area (Å²) in [6.07, 6.45) is 2.87. The smallest absolute Gasteiger partial charge is 0.119 e. The monoisotopic (exact) mass is 238 g/mol. The fraction of sp³-hybridized carbons (Fsp3) is 0.538. The Kier molecular flexibility index (Phi) is 4.55. The van der Waals surface area contributed by atoms with Gasteiger partial charge in [0.1, 0.15) is 18.5 Å². The maximum Gasteiger partial charge on any atom is 0.119 e. The molecule has 0 amide bonds. The zero-order chi connectivity index (χ0) is 11.2. The second kappa shape index (κ2) is 6.16. The molecule has 1 unspecified atom stereocenters. The van der Waals surface area contributed by atoms with Crippen molar-refractivity contribution in [1.29, 1.82) is 0 Å². The van der Waals surface area contributed by atoms with Crippen LogP contribution in [-0.2, 0) is 4.74 Å². The molecule has 0 aromatic heterocycles. The first-order valence-electron chi connectivity index (χ1n) is 5.85. The van der Waals surface area contributed by atoms with Crippen molar-refractivity contribution < 1.29 is 9.47 Å². The fourth-order valence-corrected chi connectivity index (χ4v) is 2.32. The van der Waals surface area contributed by atoms with Crippen molar-refractivity contribution in [2.75, 3.05) is 19.0 Å². The topological polar surface area (TPSA) is 21.8 Å². The Bertz CT molecular complexity index is 306. The van der Waals surface area contributed by atoms with Gasteiger partial charge in [0, 0.05) is 4.90 Å². The van der Waals surface area contributed by atoms with Gasteiger partial charge in [0.2, 0.25) is 0 Å². The lowest BCUT2D eigenvalue weighted by atomic mass is 10.3. The molecule has 1 aliphatic rings. The van der Waals surface area contributed by atoms with Crippen molar-refractivity contribution in [1.82, 2.24) is 0 Å². The third-order valence-corrected chi connectivity index (χ3v) is 3.53. The summed E-state index contributed by atoms with van der Waals surface area (Å²) in [5, 5.41) is 0. The first-order valence-corrected chi connectivity index (χ1v) is 6.84. The van der Waals surface area contributed by atoms with Crippen LogP contribution in [0.5, 0.6) is 5.75 Å². The average Bonchev–Trinajstić information content (AvgIpc) is 3.12. The van der Waals surface area contributed by atoms with E-state index >= 15 is 0 Å². The molecule has 0 spiro atoms. The van der Waals surface area contributed by atoms with E-state index in [1.807, 2.05) is 23.9 Å². The van der Waals surface area contributed by atoms with Crippen LogP contribution in [0.4, 0.5) is 0 Å². The number of epoxide rings is 1. The molecule has 1 aliphatic heterocycles. The average molecular weight is 238 g/mol. The van der Waals surface area contributed by atoms with E-state index < -0.39 is 0 Å². The summed E-state index contributed by atoms with van der Waals surface area (Å²) in [5.74, 6) is 2.14. The largest absolute Gasteiger partial charge is 0.491 e. The van der Waals surface area contributed by atoms with Gasteiger partial charge in [-0.3, -0.25) is 0 Å². The Morgan fingerprint density at radius 2 is 2.12 bits per heavy atom. The van der Waals surface area contributed by atoms with Crippen LogP contribution in [0.2, 0.25) is 0 Å². The van der Waals surface area contributed by atoms with Gasteiger partial charge in [-0.1, -0.05) is 13.3 Å². The molecule has 2 rings (SSSR count). The summed E-state index contributed by atoms with van der Waals surface area (Å²) in [6.45, 7) is 3.75. The van der Waals surface area contributed by atoms with Crippen LogP contribution in [0.15, 0.2) is 29.2 Å². The van der Waals surface area contributed by atoms with Crippen molar-refractivity contribution in [2.45, 2.75) is 30.8 Å². The summed E-state index contributed by atoms with van der Waals surface area (Å²) in [6, 6.07) is 8.33. The predicted octanol–water partition coefficient (Wildman–Crippen LogP) is 3.36. The van der Waals surface area contributed by atoms with Gasteiger partial charge in [0.15, 0.2) is 0 Å². The Balaban J connectivity index is 1.74. The highest BCUT2D eigenvalue weighted by Gasteiger charge is 2.22. The first-order chi connectivity index (χ1) is 7.88. The number of thioether (sulfide) groups is 1. The number of hydrogen-bond acceptors (Lipinski definition) is 3. The molecule has 0 aliphatic carbocycles. The maximum absolute atomic E-state index is 5.58. The molecular formula is C13H18O2S. The SMILES string of the molecule is CCCCSc1ccc(OCC2CO2)cc1. The molecule has 16 heavy (non-hydrogen) atoms. The molecule has 1 fully saturated rings. The van der Waals surface area contributed by atoms with Gasteiger partial charge in [-0.05, 0) is 36.4 Å². The highest BCUT2D eigenvalue weighted by atomic mass is 32.2. The second-order valence-corrected chi connectivity index (χ2v) is 5.11. The standard InChI is InChI=1S/C13H18O2S/c1-2-3-8-16-13-6-4-11(5-7-13)14-9-12-10-15-12/h4-7,12H,2-3,8-10H2,1H3. The normalized spacial score (nSPS) is 18.4. The van der Waals surface area contributed by atoms with Crippen LogP contribution in [-0.4, -0.2) is 25.1 Å². The van der Waals surface area contributed by atoms with Crippen molar-refractivity contribution >= 4 is 11.8 Å². The summed E-state index contributed by atoms with van der Waals surface area (Å²) < 4.78 is 10.7. The van der Waals surface area contributed by atoms with Crippen LogP contribution < -0.4 is 4.74 Å². The lowest BCUT2D eigenvalue weighted by Crippen LogP contribution is -2.03. The zero-order valence-electron chi connectivity index (χ0n) is 9.65. The summed E-state index contributed by atoms with van der Waals surface area (Å²) in [5.41, 5.74) is 0. The lowest BCUT2D eigenvalue weighted by molar-refractivity contribution is 0.263. The van der Waals surface area contributed by atoms with Crippen LogP contribution in [0, 0.1) is 0 Å². The van der Waals surface area contributed by atoms with Gasteiger partial charge < -0.3 is 9.47 Å². The Labute approximate surface area is 101 Å². The minimum absolute atomic E-state index is 0.332. The fourth-order valence-electron chi connectivity index (χ4n) is 1.32. The number of benzene rings is 1. The molecule has 1 aromatic carbocycles. The third-order valence-electron chi connectivity index (χ3n) is 2.43. The molecule has 0 N–H and O–H groups in total. The number of ether oxygens (including phenoxy) is 2. The molecule has 1 saturated heterocycles. The van der Waals surface area contributed by atoms with Crippen LogP contribution in [0.1, 0.15) is 19.8 Å². The van der Waals surface area contributed by atoms with E-state index in [0.29, 0.717) is 12.7 Å². The molecule has 1 atom stereocenters. The van der Waals surface area contributed by atoms with E-state index in [9.17, 15) is 0 Å². The summed E-state index contributed by atoms with van der Waals surface area (Å²) >= 11 is 1.91. The number of unbranched alkanes of at least 4 members (excludes halogenated alkanes) is 1. The van der Waals surface area contributed by atoms with Gasteiger partial charge in [-0.25, -0.2) is 0 Å². The molecule has 0 radical (unpaired) electrons. The molecule has 2 nitrogen and oxygen atoms in total. The number of rotatable bonds is 7. The molecule has 3 heteroatoms. The quantitative estimate of drug-likeness (QED) is 0.413. The Morgan fingerprint density at radius 1 is 1.38 bits per heavy atom. The van der Waals surface area contributed by atoms with E-state index in [1.165, 1.54) is 23.5 Å². The van der Waals surface area contributed by atoms with Crippen molar-refractivity contribution in [3.05, 3.63) is 24.3 Å². The lowest BCUT2D eigenvalue weighted by Gasteiger charge is -2.05. The number of hydrogen-bond donors (Lipinski definition) is 0. The highest BCUT2D eigenvalue weighted by Crippen LogP contribution is 2.23. The summed E-state index contributed by atoms with van der Waals surface area (Å²) in [7, 11) is 0. The van der Waals surface area contributed by atoms with E-state index in [1.54, 1.807) is 0 Å². The molecular weight excluding hydrogens is 220 g/mol. The van der Waals surface area contributed by atoms with Gasteiger partial charge in [-0.15, -0.1) is 11.8 Å². The molecule has 0 saturated carbocycles. The predicted molar refractivity (Wildman–Crippen MR) is 67.3 cm³/mol. The van der Waals surface area contributed by atoms with Gasteiger partial charge in [0.25, 0.3) is 0 Å². The van der Waals surface area contributed by atoms with Crippen molar-refractivity contribution in [2.24, 2.45) is 0 Å². The van der Waals surface area contributed by atoms with Crippen LogP contribution >= 0.6 is 11.8 Å². The van der Waals surface area contributed by atoms with E-state index in [4.69, 9.17) is 9.47 Å². The van der Waals surface area contributed by atoms with E-state index in [2.05, 4.69) is 19.1 Å². The minimum atomic E-state index is 0.332. The molecule has 0 bridgehead atoms. The third kappa shape index (κ3) is 4.06. The Morgan fingerprint density at radius 3 is 2.75 bits per heavy atom. The van der Waals surface area contributed by atoms with Crippen LogP contribution in [0.3, 0.4) is 0 Å². The minimum Gasteiger partial charge on any atom is -0.491 e. The van der Waals surface area contributed by atoms with Gasteiger partial charge in [0.05, 0.1) is 6.61 Å². The first kappa shape index (κ1) is 11.8. The van der Waals surface area contributed by atoms with Gasteiger partial charge >= 0.3 is 0 Å². The molecule has 1 heterocycles. The zero-order valence-corrected chi connectivity index (χ0v) is 10.5. The highest BCUT2D eigenvalue weighted by molar-refractivity contribution is 7.99. The van der Waals surface area contributed by atoms with E-state index in [-0.39, 0.29) is 0 Å².